The first-order valence-corrected chi connectivity index (χ1v) is 9.56. The molecule has 3 aromatic rings. The molecule has 2 aromatic heterocycles. The van der Waals surface area contributed by atoms with Gasteiger partial charge in [-0.2, -0.15) is 5.10 Å². The Hall–Kier alpha value is -2.19. The molecule has 0 atom stereocenters. The van der Waals surface area contributed by atoms with E-state index >= 15 is 0 Å². The highest BCUT2D eigenvalue weighted by molar-refractivity contribution is 7.89. The lowest BCUT2D eigenvalue weighted by Gasteiger charge is -2.32. The molecule has 0 radical (unpaired) electrons. The molecule has 0 spiro atoms. The van der Waals surface area contributed by atoms with Crippen molar-refractivity contribution in [2.24, 2.45) is 5.14 Å². The second-order valence-electron chi connectivity index (χ2n) is 6.28. The topological polar surface area (TPSA) is 93.6 Å². The van der Waals surface area contributed by atoms with E-state index in [0.717, 1.165) is 28.1 Å². The number of benzene rings is 1. The van der Waals surface area contributed by atoms with Crippen LogP contribution in [0, 0.1) is 6.92 Å². The summed E-state index contributed by atoms with van der Waals surface area (Å²) in [5.74, 6) is 0.880. The van der Waals surface area contributed by atoms with Crippen LogP contribution in [-0.4, -0.2) is 41.4 Å². The number of anilines is 1. The summed E-state index contributed by atoms with van der Waals surface area (Å²) < 4.78 is 25.0. The summed E-state index contributed by atoms with van der Waals surface area (Å²) in [6, 6.07) is 9.96. The third-order valence-electron chi connectivity index (χ3n) is 4.61. The number of fused-ring (bicyclic) bond motifs is 3. The number of para-hydroxylation sites is 1. The van der Waals surface area contributed by atoms with E-state index in [2.05, 4.69) is 10.00 Å². The fourth-order valence-electron chi connectivity index (χ4n) is 3.40. The molecule has 0 aliphatic carbocycles. The van der Waals surface area contributed by atoms with Crippen LogP contribution < -0.4 is 10.0 Å². The highest BCUT2D eigenvalue weighted by Crippen LogP contribution is 2.29. The highest BCUT2D eigenvalue weighted by Gasteiger charge is 2.28. The van der Waals surface area contributed by atoms with Crippen molar-refractivity contribution in [2.75, 3.05) is 18.0 Å². The predicted molar refractivity (Wildman–Crippen MR) is 93.6 cm³/mol. The Morgan fingerprint density at radius 2 is 1.92 bits per heavy atom. The van der Waals surface area contributed by atoms with Gasteiger partial charge in [-0.15, -0.1) is 0 Å². The molecule has 0 amide bonds. The monoisotopic (exact) mass is 345 g/mol. The number of primary sulfonamides is 1. The largest absolute Gasteiger partial charge is 0.356 e. The molecule has 8 heteroatoms. The molecule has 2 N–H and O–H groups in total. The summed E-state index contributed by atoms with van der Waals surface area (Å²) in [6.07, 6.45) is 1.05. The third kappa shape index (κ3) is 2.51. The number of sulfonamides is 1. The number of aryl methyl sites for hydroxylation is 1. The number of hydrogen-bond acceptors (Lipinski definition) is 5. The van der Waals surface area contributed by atoms with Crippen LogP contribution in [0.5, 0.6) is 0 Å². The Kier molecular flexibility index (Phi) is 3.47. The van der Waals surface area contributed by atoms with Gasteiger partial charge in [0.1, 0.15) is 5.82 Å². The number of nitrogens with two attached hydrogens (primary N) is 1. The zero-order valence-corrected chi connectivity index (χ0v) is 14.2. The van der Waals surface area contributed by atoms with Crippen LogP contribution in [0.3, 0.4) is 0 Å². The second-order valence-corrected chi connectivity index (χ2v) is 8.13. The zero-order chi connectivity index (χ0) is 16.9. The number of nitrogens with zero attached hydrogens (tertiary/aromatic N) is 4. The van der Waals surface area contributed by atoms with Gasteiger partial charge in [0.15, 0.2) is 5.65 Å². The Bertz CT molecular complexity index is 1020. The fourth-order valence-corrected chi connectivity index (χ4v) is 4.26. The van der Waals surface area contributed by atoms with E-state index in [4.69, 9.17) is 10.1 Å². The minimum absolute atomic E-state index is 0.457. The van der Waals surface area contributed by atoms with E-state index < -0.39 is 15.3 Å². The maximum atomic E-state index is 11.6. The molecule has 0 unspecified atom stereocenters. The molecular weight excluding hydrogens is 326 g/mol. The molecule has 0 saturated carbocycles. The third-order valence-corrected chi connectivity index (χ3v) is 6.01. The molecule has 0 bridgehead atoms. The first-order chi connectivity index (χ1) is 11.4. The van der Waals surface area contributed by atoms with E-state index in [0.29, 0.717) is 25.9 Å². The van der Waals surface area contributed by atoms with Gasteiger partial charge in [-0.25, -0.2) is 23.1 Å². The van der Waals surface area contributed by atoms with Crippen LogP contribution in [0.25, 0.3) is 16.6 Å². The van der Waals surface area contributed by atoms with Crippen LogP contribution >= 0.6 is 0 Å². The molecule has 1 fully saturated rings. The van der Waals surface area contributed by atoms with Gasteiger partial charge in [-0.3, -0.25) is 0 Å². The van der Waals surface area contributed by atoms with Gasteiger partial charge in [0.25, 0.3) is 0 Å². The Balaban J connectivity index is 1.79. The molecule has 4 rings (SSSR count). The zero-order valence-electron chi connectivity index (χ0n) is 13.4. The van der Waals surface area contributed by atoms with E-state index in [1.54, 1.807) is 0 Å². The van der Waals surface area contributed by atoms with E-state index in [1.165, 1.54) is 0 Å². The molecular formula is C16H19N5O2S. The number of rotatable bonds is 2. The van der Waals surface area contributed by atoms with Crippen molar-refractivity contribution in [1.29, 1.82) is 0 Å². The van der Waals surface area contributed by atoms with Gasteiger partial charge in [0.2, 0.25) is 10.0 Å². The second kappa shape index (κ2) is 5.42. The molecule has 7 nitrogen and oxygen atoms in total. The van der Waals surface area contributed by atoms with Gasteiger partial charge in [0.05, 0.1) is 16.5 Å². The van der Waals surface area contributed by atoms with Crippen LogP contribution in [-0.2, 0) is 10.0 Å². The molecule has 1 aliphatic heterocycles. The Labute approximate surface area is 140 Å². The summed E-state index contributed by atoms with van der Waals surface area (Å²) >= 11 is 0. The smallest absolute Gasteiger partial charge is 0.212 e. The normalized spacial score (nSPS) is 17.0. The molecule has 3 heterocycles. The molecule has 126 valence electrons. The fraction of sp³-hybridized carbons (Fsp3) is 0.375. The first kappa shape index (κ1) is 15.3. The summed E-state index contributed by atoms with van der Waals surface area (Å²) in [4.78, 5) is 6.93. The average molecular weight is 345 g/mol. The van der Waals surface area contributed by atoms with Gasteiger partial charge >= 0.3 is 0 Å². The molecule has 24 heavy (non-hydrogen) atoms. The van der Waals surface area contributed by atoms with Gasteiger partial charge < -0.3 is 4.90 Å². The lowest BCUT2D eigenvalue weighted by molar-refractivity contribution is 0.530. The van der Waals surface area contributed by atoms with Gasteiger partial charge in [0, 0.05) is 24.5 Å². The molecule has 1 saturated heterocycles. The number of hydrogen-bond donors (Lipinski definition) is 1. The van der Waals surface area contributed by atoms with Crippen LogP contribution in [0.2, 0.25) is 0 Å². The number of aromatic nitrogens is 3. The van der Waals surface area contributed by atoms with E-state index in [9.17, 15) is 8.42 Å². The van der Waals surface area contributed by atoms with Crippen LogP contribution in [0.4, 0.5) is 5.82 Å². The van der Waals surface area contributed by atoms with Crippen LogP contribution in [0.1, 0.15) is 18.5 Å². The Morgan fingerprint density at radius 1 is 1.21 bits per heavy atom. The summed E-state index contributed by atoms with van der Waals surface area (Å²) in [5.41, 5.74) is 2.71. The van der Waals surface area contributed by atoms with Gasteiger partial charge in [-0.05, 0) is 31.9 Å². The predicted octanol–water partition coefficient (Wildman–Crippen LogP) is 1.45. The van der Waals surface area contributed by atoms with Crippen molar-refractivity contribution in [3.8, 4) is 0 Å². The maximum absolute atomic E-state index is 11.6. The van der Waals surface area contributed by atoms with Crippen molar-refractivity contribution in [3.05, 3.63) is 36.0 Å². The highest BCUT2D eigenvalue weighted by atomic mass is 32.2. The van der Waals surface area contributed by atoms with E-state index in [1.807, 2.05) is 41.8 Å². The minimum Gasteiger partial charge on any atom is -0.356 e. The van der Waals surface area contributed by atoms with Crippen molar-refractivity contribution in [1.82, 2.24) is 14.6 Å². The van der Waals surface area contributed by atoms with Crippen molar-refractivity contribution in [3.63, 3.8) is 0 Å². The molecule has 1 aliphatic rings. The summed E-state index contributed by atoms with van der Waals surface area (Å²) in [6.45, 7) is 3.20. The minimum atomic E-state index is -3.47. The standard InChI is InChI=1S/C16H19N5O2S/c1-11-10-15-18-16(13-4-2-3-5-14(13)21(15)19-11)20-8-6-12(7-9-20)24(17,22)23/h2-5,10,12H,6-9H2,1H3,(H2,17,22,23). The average Bonchev–Trinajstić information content (AvgIpc) is 2.94. The molecule has 1 aromatic carbocycles. The number of piperidine rings is 1. The van der Waals surface area contributed by atoms with Crippen molar-refractivity contribution in [2.45, 2.75) is 25.0 Å². The van der Waals surface area contributed by atoms with Crippen LogP contribution in [0.15, 0.2) is 30.3 Å². The lowest BCUT2D eigenvalue weighted by atomic mass is 10.1. The quantitative estimate of drug-likeness (QED) is 0.759. The van der Waals surface area contributed by atoms with Crippen molar-refractivity contribution >= 4 is 32.4 Å². The van der Waals surface area contributed by atoms with Gasteiger partial charge in [-0.1, -0.05) is 12.1 Å². The Morgan fingerprint density at radius 3 is 2.62 bits per heavy atom. The lowest BCUT2D eigenvalue weighted by Crippen LogP contribution is -2.42. The van der Waals surface area contributed by atoms with Crippen molar-refractivity contribution < 1.29 is 8.42 Å². The summed E-state index contributed by atoms with van der Waals surface area (Å²) in [7, 11) is -3.47. The summed E-state index contributed by atoms with van der Waals surface area (Å²) in [5, 5.41) is 10.4. The maximum Gasteiger partial charge on any atom is 0.212 e. The first-order valence-electron chi connectivity index (χ1n) is 7.95. The SMILES string of the molecule is Cc1cc2nc(N3CCC(S(N)(=O)=O)CC3)c3ccccc3n2n1. The van der Waals surface area contributed by atoms with E-state index in [-0.39, 0.29) is 0 Å².